The Balaban J connectivity index is 0.000000194. The van der Waals surface area contributed by atoms with E-state index < -0.39 is 17.9 Å². The quantitative estimate of drug-likeness (QED) is 0.0537. The van der Waals surface area contributed by atoms with E-state index in [4.69, 9.17) is 28.8 Å². The third-order valence-electron chi connectivity index (χ3n) is 11.6. The molecule has 0 aliphatic carbocycles. The Kier molecular flexibility index (Phi) is 23.2. The van der Waals surface area contributed by atoms with Crippen LogP contribution in [0, 0.1) is 12.8 Å². The van der Waals surface area contributed by atoms with Crippen molar-refractivity contribution < 1.29 is 48.0 Å². The smallest absolute Gasteiger partial charge is 0.341 e. The standard InChI is InChI=1S/C21H20N4O2.C15H20O4.C13H14N2O2.C10H12O3/c1-3-15-9-11-17(12-10-15)27-13-18-14(2)20(26)25-21(22-18)23-19(24-25)16-7-5-4-6-8-16;1-4-12-6-8-13(9-7-12)19-10-14(16)11(3)15(17)18-5-2;1-2-11-3-5-12(6-4-11)17-9-13(16)15-8-7-14-10-15;1-2-8-3-5-9(6-4-8)13-7-10(11)12/h4-12H,3,13H2,1-2H3,(H,22,23,24);6-9,11H,4-5,10H2,1-3H3;3-8,10H,2,9H2,1H3;3-6H,2,7H2,1H3,(H,11,12). The zero-order chi connectivity index (χ0) is 54.8. The molecule has 8 rings (SSSR count). The highest BCUT2D eigenvalue weighted by atomic mass is 16.5. The minimum absolute atomic E-state index is 0.0157. The summed E-state index contributed by atoms with van der Waals surface area (Å²) < 4.78 is 29.1. The number of carboxylic acids is 1. The number of ketones is 1. The SMILES string of the molecule is CCOC(=O)C(C)C(=O)COc1ccc(CC)cc1.CCc1ccc(OCC(=O)O)cc1.CCc1ccc(OCC(=O)n2ccnc2)cc1.CCc1ccc(OCc2nc3nc(-c4ccccc4)[nH]n3c(=O)c2C)cc1. The van der Waals surface area contributed by atoms with Crippen molar-refractivity contribution in [3.05, 3.63) is 190 Å². The van der Waals surface area contributed by atoms with Gasteiger partial charge in [-0.05, 0) is 117 Å². The van der Waals surface area contributed by atoms with Crippen LogP contribution in [0.3, 0.4) is 0 Å². The monoisotopic (exact) mass is 1030 g/mol. The number of carbonyl (C=O) groups excluding carboxylic acids is 3. The molecule has 17 heteroatoms. The number of hydrogen-bond acceptors (Lipinski definition) is 13. The van der Waals surface area contributed by atoms with Gasteiger partial charge in [-0.3, -0.25) is 28.8 Å². The number of benzene rings is 5. The van der Waals surface area contributed by atoms with Gasteiger partial charge in [0, 0.05) is 23.5 Å². The lowest BCUT2D eigenvalue weighted by Gasteiger charge is -2.10. The summed E-state index contributed by atoms with van der Waals surface area (Å²) in [6.45, 7) is 13.4. The Morgan fingerprint density at radius 3 is 1.54 bits per heavy atom. The van der Waals surface area contributed by atoms with E-state index in [1.165, 1.54) is 44.6 Å². The maximum atomic E-state index is 12.7. The third kappa shape index (κ3) is 18.3. The number of aromatic nitrogens is 6. The van der Waals surface area contributed by atoms with Crippen molar-refractivity contribution in [3.8, 4) is 34.4 Å². The summed E-state index contributed by atoms with van der Waals surface area (Å²) in [6, 6.07) is 40.3. The third-order valence-corrected chi connectivity index (χ3v) is 11.6. The van der Waals surface area contributed by atoms with Gasteiger partial charge in [-0.25, -0.2) is 14.8 Å². The molecular weight excluding hydrogens is 969 g/mol. The molecule has 76 heavy (non-hydrogen) atoms. The average Bonchev–Trinajstić information content (AvgIpc) is 4.17. The first kappa shape index (κ1) is 58.0. The lowest BCUT2D eigenvalue weighted by molar-refractivity contribution is -0.151. The van der Waals surface area contributed by atoms with Crippen molar-refractivity contribution in [1.29, 1.82) is 0 Å². The van der Waals surface area contributed by atoms with Crippen molar-refractivity contribution in [2.45, 2.75) is 80.8 Å². The fourth-order valence-corrected chi connectivity index (χ4v) is 6.80. The second-order valence-electron chi connectivity index (χ2n) is 16.9. The number of H-pyrrole nitrogens is 1. The predicted molar refractivity (Wildman–Crippen MR) is 289 cm³/mol. The molecule has 17 nitrogen and oxygen atoms in total. The van der Waals surface area contributed by atoms with Crippen LogP contribution in [-0.4, -0.2) is 84.3 Å². The van der Waals surface area contributed by atoms with Crippen LogP contribution in [0.2, 0.25) is 0 Å². The Hall–Kier alpha value is -8.86. The molecule has 0 saturated carbocycles. The summed E-state index contributed by atoms with van der Waals surface area (Å²) in [5.41, 5.74) is 6.77. The van der Waals surface area contributed by atoms with Crippen LogP contribution in [0.5, 0.6) is 23.0 Å². The molecule has 5 aromatic carbocycles. The molecule has 2 N–H and O–H groups in total. The van der Waals surface area contributed by atoms with E-state index in [1.54, 1.807) is 38.4 Å². The summed E-state index contributed by atoms with van der Waals surface area (Å²) in [7, 11) is 0. The molecule has 0 saturated heterocycles. The maximum Gasteiger partial charge on any atom is 0.341 e. The van der Waals surface area contributed by atoms with E-state index >= 15 is 0 Å². The van der Waals surface area contributed by atoms with Gasteiger partial charge in [-0.15, -0.1) is 0 Å². The van der Waals surface area contributed by atoms with Crippen LogP contribution in [0.15, 0.2) is 151 Å². The molecule has 1 unspecified atom stereocenters. The number of carbonyl (C=O) groups is 4. The Morgan fingerprint density at radius 1 is 0.618 bits per heavy atom. The van der Waals surface area contributed by atoms with Crippen LogP contribution in [0.25, 0.3) is 17.2 Å². The molecule has 0 fully saturated rings. The lowest BCUT2D eigenvalue weighted by Crippen LogP contribution is -2.27. The van der Waals surface area contributed by atoms with E-state index in [2.05, 4.69) is 47.7 Å². The highest BCUT2D eigenvalue weighted by molar-refractivity contribution is 5.99. The van der Waals surface area contributed by atoms with E-state index in [9.17, 15) is 24.0 Å². The number of imidazole rings is 1. The van der Waals surface area contributed by atoms with Gasteiger partial charge >= 0.3 is 11.9 Å². The van der Waals surface area contributed by atoms with Crippen molar-refractivity contribution in [2.75, 3.05) is 26.4 Å². The lowest BCUT2D eigenvalue weighted by atomic mass is 10.1. The van der Waals surface area contributed by atoms with Crippen molar-refractivity contribution in [3.63, 3.8) is 0 Å². The Labute approximate surface area is 442 Å². The summed E-state index contributed by atoms with van der Waals surface area (Å²) in [4.78, 5) is 70.4. The topological polar surface area (TPSA) is 216 Å². The normalized spacial score (nSPS) is 10.8. The second-order valence-corrected chi connectivity index (χ2v) is 16.9. The predicted octanol–water partition coefficient (Wildman–Crippen LogP) is 9.81. The largest absolute Gasteiger partial charge is 0.487 e. The maximum absolute atomic E-state index is 12.7. The number of aliphatic carboxylic acids is 1. The number of Topliss-reactive ketones (excluding diaryl/α,β-unsaturated/α-hetero) is 1. The van der Waals surface area contributed by atoms with Crippen LogP contribution < -0.4 is 24.5 Å². The zero-order valence-corrected chi connectivity index (χ0v) is 44.1. The number of esters is 1. The summed E-state index contributed by atoms with van der Waals surface area (Å²) in [5.74, 6) is 0.960. The highest BCUT2D eigenvalue weighted by Crippen LogP contribution is 2.19. The summed E-state index contributed by atoms with van der Waals surface area (Å²) in [6.07, 6.45) is 8.54. The van der Waals surface area contributed by atoms with E-state index in [1.807, 2.05) is 115 Å². The molecule has 0 radical (unpaired) electrons. The van der Waals surface area contributed by atoms with Gasteiger partial charge in [-0.2, -0.15) is 9.50 Å². The first-order valence-corrected chi connectivity index (χ1v) is 25.1. The van der Waals surface area contributed by atoms with Gasteiger partial charge in [0.2, 0.25) is 0 Å². The highest BCUT2D eigenvalue weighted by Gasteiger charge is 2.23. The number of carboxylic acid groups (broad SMARTS) is 1. The second kappa shape index (κ2) is 30.4. The first-order valence-electron chi connectivity index (χ1n) is 25.1. The summed E-state index contributed by atoms with van der Waals surface area (Å²) in [5, 5.41) is 11.4. The number of aromatic amines is 1. The molecule has 0 aliphatic heterocycles. The molecule has 0 spiro atoms. The van der Waals surface area contributed by atoms with Crippen LogP contribution in [0.1, 0.15) is 79.8 Å². The molecular formula is C59H66N6O11. The number of fused-ring (bicyclic) bond motifs is 1. The van der Waals surface area contributed by atoms with E-state index in [-0.39, 0.29) is 50.3 Å². The fraction of sp³-hybridized carbons (Fsp3) is 0.288. The van der Waals surface area contributed by atoms with E-state index in [0.717, 1.165) is 37.0 Å². The van der Waals surface area contributed by atoms with Gasteiger partial charge < -0.3 is 28.8 Å². The van der Waals surface area contributed by atoms with Gasteiger partial charge in [0.15, 0.2) is 24.8 Å². The fourth-order valence-electron chi connectivity index (χ4n) is 6.80. The summed E-state index contributed by atoms with van der Waals surface area (Å²) >= 11 is 0. The Bertz CT molecular complexity index is 3100. The van der Waals surface area contributed by atoms with Gasteiger partial charge in [0.25, 0.3) is 17.2 Å². The number of aryl methyl sites for hydroxylation is 4. The van der Waals surface area contributed by atoms with Crippen LogP contribution in [-0.2, 0) is 51.4 Å². The minimum atomic E-state index is -0.959. The minimum Gasteiger partial charge on any atom is -0.487 e. The van der Waals surface area contributed by atoms with Crippen molar-refractivity contribution >= 4 is 29.4 Å². The molecule has 8 aromatic rings. The first-order chi connectivity index (χ1) is 36.7. The van der Waals surface area contributed by atoms with Gasteiger partial charge in [-0.1, -0.05) is 107 Å². The molecule has 0 aliphatic rings. The Morgan fingerprint density at radius 2 is 1.09 bits per heavy atom. The average molecular weight is 1040 g/mol. The molecule has 1 atom stereocenters. The van der Waals surface area contributed by atoms with Gasteiger partial charge in [0.1, 0.15) is 48.5 Å². The zero-order valence-electron chi connectivity index (χ0n) is 44.1. The molecule has 398 valence electrons. The molecule has 3 aromatic heterocycles. The van der Waals surface area contributed by atoms with E-state index in [0.29, 0.717) is 40.1 Å². The number of ether oxygens (including phenoxy) is 5. The molecule has 3 heterocycles. The number of rotatable bonds is 20. The van der Waals surface area contributed by atoms with Gasteiger partial charge in [0.05, 0.1) is 12.3 Å². The number of hydrogen-bond donors (Lipinski definition) is 2. The van der Waals surface area contributed by atoms with Crippen molar-refractivity contribution in [1.82, 2.24) is 29.1 Å². The molecule has 0 bridgehead atoms. The van der Waals surface area contributed by atoms with Crippen LogP contribution >= 0.6 is 0 Å². The van der Waals surface area contributed by atoms with Crippen molar-refractivity contribution in [2.24, 2.45) is 5.92 Å². The molecule has 0 amide bonds. The number of nitrogens with one attached hydrogen (secondary N) is 1. The number of nitrogens with zero attached hydrogens (tertiary/aromatic N) is 5. The van der Waals surface area contributed by atoms with Crippen LogP contribution in [0.4, 0.5) is 0 Å².